The monoisotopic (exact) mass is 343 g/mol. The van der Waals surface area contributed by atoms with Gasteiger partial charge in [0, 0.05) is 11.6 Å². The Morgan fingerprint density at radius 3 is 2.71 bits per heavy atom. The van der Waals surface area contributed by atoms with Gasteiger partial charge in [0.25, 0.3) is 5.91 Å². The van der Waals surface area contributed by atoms with E-state index in [1.807, 2.05) is 36.4 Å². The van der Waals surface area contributed by atoms with Crippen molar-refractivity contribution in [2.45, 2.75) is 45.3 Å². The van der Waals surface area contributed by atoms with Gasteiger partial charge in [0.1, 0.15) is 5.75 Å². The van der Waals surface area contributed by atoms with Crippen LogP contribution in [0.1, 0.15) is 36.5 Å². The molecule has 0 saturated heterocycles. The van der Waals surface area contributed by atoms with E-state index in [1.165, 1.54) is 24.0 Å². The molecule has 2 aromatic carbocycles. The summed E-state index contributed by atoms with van der Waals surface area (Å²) in [6.07, 6.45) is 4.03. The summed E-state index contributed by atoms with van der Waals surface area (Å²) in [5, 5.41) is 3.60. The van der Waals surface area contributed by atoms with Crippen molar-refractivity contribution < 1.29 is 9.53 Å². The zero-order valence-electron chi connectivity index (χ0n) is 13.8. The Hall–Kier alpha value is -2.00. The van der Waals surface area contributed by atoms with Crippen molar-refractivity contribution >= 4 is 17.5 Å². The van der Waals surface area contributed by atoms with E-state index < -0.39 is 6.10 Å². The number of hydrogen-bond acceptors (Lipinski definition) is 2. The first kappa shape index (κ1) is 16.8. The number of ether oxygens (including phenoxy) is 1. The summed E-state index contributed by atoms with van der Waals surface area (Å²) in [6, 6.07) is 13.6. The van der Waals surface area contributed by atoms with E-state index in [0.29, 0.717) is 11.6 Å². The van der Waals surface area contributed by atoms with Gasteiger partial charge in [-0.1, -0.05) is 35.9 Å². The highest BCUT2D eigenvalue weighted by Gasteiger charge is 2.19. The molecule has 0 unspecified atom stereocenters. The highest BCUT2D eigenvalue weighted by molar-refractivity contribution is 6.30. The van der Waals surface area contributed by atoms with Crippen LogP contribution in [-0.2, 0) is 24.2 Å². The first-order valence-corrected chi connectivity index (χ1v) is 8.81. The number of carbonyl (C=O) groups is 1. The molecule has 126 valence electrons. The summed E-state index contributed by atoms with van der Waals surface area (Å²) < 4.78 is 5.95. The molecule has 1 amide bonds. The second-order valence-corrected chi connectivity index (χ2v) is 6.64. The maximum Gasteiger partial charge on any atom is 0.261 e. The summed E-state index contributed by atoms with van der Waals surface area (Å²) in [7, 11) is 0. The third-order valence-electron chi connectivity index (χ3n) is 4.41. The quantitative estimate of drug-likeness (QED) is 0.878. The average Bonchev–Trinajstić information content (AvgIpc) is 2.61. The van der Waals surface area contributed by atoms with Gasteiger partial charge in [-0.05, 0) is 67.5 Å². The molecule has 0 fully saturated rings. The smallest absolute Gasteiger partial charge is 0.261 e. The molecule has 1 aliphatic rings. The van der Waals surface area contributed by atoms with Gasteiger partial charge in [0.05, 0.1) is 0 Å². The van der Waals surface area contributed by atoms with Crippen molar-refractivity contribution in [1.82, 2.24) is 5.32 Å². The molecule has 1 N–H and O–H groups in total. The first-order valence-electron chi connectivity index (χ1n) is 8.43. The molecule has 1 aliphatic carbocycles. The Bertz CT molecular complexity index is 712. The van der Waals surface area contributed by atoms with Crippen LogP contribution in [0.5, 0.6) is 5.75 Å². The summed E-state index contributed by atoms with van der Waals surface area (Å²) in [5.41, 5.74) is 3.63. The number of nitrogens with one attached hydrogen (secondary N) is 1. The summed E-state index contributed by atoms with van der Waals surface area (Å²) in [6.45, 7) is 2.26. The molecule has 0 aliphatic heterocycles. The third kappa shape index (κ3) is 4.09. The summed E-state index contributed by atoms with van der Waals surface area (Å²) in [4.78, 5) is 12.3. The Labute approximate surface area is 148 Å². The fourth-order valence-electron chi connectivity index (χ4n) is 3.04. The van der Waals surface area contributed by atoms with Crippen LogP contribution in [0.3, 0.4) is 0 Å². The Kier molecular flexibility index (Phi) is 5.41. The molecule has 0 radical (unpaired) electrons. The Balaban J connectivity index is 1.59. The number of halogens is 1. The summed E-state index contributed by atoms with van der Waals surface area (Å²) >= 11 is 5.87. The fourth-order valence-corrected chi connectivity index (χ4v) is 3.16. The maximum absolute atomic E-state index is 12.3. The third-order valence-corrected chi connectivity index (χ3v) is 4.66. The molecule has 0 saturated carbocycles. The average molecular weight is 344 g/mol. The lowest BCUT2D eigenvalue weighted by Gasteiger charge is -2.22. The van der Waals surface area contributed by atoms with E-state index in [4.69, 9.17) is 16.3 Å². The number of carbonyl (C=O) groups excluding carboxylic acids is 1. The van der Waals surface area contributed by atoms with Crippen LogP contribution < -0.4 is 10.1 Å². The largest absolute Gasteiger partial charge is 0.481 e. The number of hydrogen-bond donors (Lipinski definition) is 1. The zero-order valence-corrected chi connectivity index (χ0v) is 14.6. The van der Waals surface area contributed by atoms with Gasteiger partial charge >= 0.3 is 0 Å². The van der Waals surface area contributed by atoms with Gasteiger partial charge in [-0.3, -0.25) is 4.79 Å². The van der Waals surface area contributed by atoms with Crippen LogP contribution in [0, 0.1) is 0 Å². The lowest BCUT2D eigenvalue weighted by atomic mass is 9.91. The molecule has 0 heterocycles. The van der Waals surface area contributed by atoms with Crippen LogP contribution in [0.4, 0.5) is 0 Å². The molecule has 3 nitrogen and oxygen atoms in total. The standard InChI is InChI=1S/C20H22ClNO2/c1-14(20(23)22-13-15-9-11-17(21)12-10-15)24-19-8-4-6-16-5-2-3-7-18(16)19/h4,6,8-12,14H,2-3,5,7,13H2,1H3,(H,22,23)/t14-/m1/s1. The van der Waals surface area contributed by atoms with Crippen LogP contribution in [0.15, 0.2) is 42.5 Å². The minimum absolute atomic E-state index is 0.113. The molecule has 0 spiro atoms. The van der Waals surface area contributed by atoms with Crippen LogP contribution >= 0.6 is 11.6 Å². The Morgan fingerprint density at radius 1 is 1.17 bits per heavy atom. The predicted octanol–water partition coefficient (Wildman–Crippen LogP) is 4.30. The highest BCUT2D eigenvalue weighted by Crippen LogP contribution is 2.30. The van der Waals surface area contributed by atoms with Crippen molar-refractivity contribution in [2.24, 2.45) is 0 Å². The maximum atomic E-state index is 12.3. The van der Waals surface area contributed by atoms with E-state index >= 15 is 0 Å². The second kappa shape index (κ2) is 7.71. The van der Waals surface area contributed by atoms with Gasteiger partial charge < -0.3 is 10.1 Å². The minimum atomic E-state index is -0.522. The lowest BCUT2D eigenvalue weighted by Crippen LogP contribution is -2.36. The number of aryl methyl sites for hydroxylation is 1. The molecule has 2 aromatic rings. The lowest BCUT2D eigenvalue weighted by molar-refractivity contribution is -0.127. The van der Waals surface area contributed by atoms with Gasteiger partial charge in [0.2, 0.25) is 0 Å². The second-order valence-electron chi connectivity index (χ2n) is 6.21. The number of benzene rings is 2. The first-order chi connectivity index (χ1) is 11.6. The minimum Gasteiger partial charge on any atom is -0.481 e. The fraction of sp³-hybridized carbons (Fsp3) is 0.350. The van der Waals surface area contributed by atoms with Crippen molar-refractivity contribution in [2.75, 3.05) is 0 Å². The van der Waals surface area contributed by atoms with E-state index in [9.17, 15) is 4.79 Å². The molecule has 0 bridgehead atoms. The molecular weight excluding hydrogens is 322 g/mol. The summed E-state index contributed by atoms with van der Waals surface area (Å²) in [5.74, 6) is 0.736. The van der Waals surface area contributed by atoms with Gasteiger partial charge in [-0.15, -0.1) is 0 Å². The molecule has 4 heteroatoms. The van der Waals surface area contributed by atoms with Gasteiger partial charge in [-0.2, -0.15) is 0 Å². The number of rotatable bonds is 5. The van der Waals surface area contributed by atoms with Crippen molar-refractivity contribution in [3.8, 4) is 5.75 Å². The van der Waals surface area contributed by atoms with Gasteiger partial charge in [-0.25, -0.2) is 0 Å². The van der Waals surface area contributed by atoms with Crippen LogP contribution in [0.25, 0.3) is 0 Å². The normalized spacial score (nSPS) is 14.6. The van der Waals surface area contributed by atoms with E-state index in [2.05, 4.69) is 11.4 Å². The molecule has 24 heavy (non-hydrogen) atoms. The SMILES string of the molecule is C[C@@H](Oc1cccc2c1CCCC2)C(=O)NCc1ccc(Cl)cc1. The topological polar surface area (TPSA) is 38.3 Å². The Morgan fingerprint density at radius 2 is 1.92 bits per heavy atom. The molecular formula is C20H22ClNO2. The molecule has 1 atom stereocenters. The van der Waals surface area contributed by atoms with E-state index in [0.717, 1.165) is 24.2 Å². The van der Waals surface area contributed by atoms with Crippen LogP contribution in [0.2, 0.25) is 5.02 Å². The number of fused-ring (bicyclic) bond motifs is 1. The molecule has 3 rings (SSSR count). The van der Waals surface area contributed by atoms with Crippen molar-refractivity contribution in [1.29, 1.82) is 0 Å². The van der Waals surface area contributed by atoms with E-state index in [-0.39, 0.29) is 5.91 Å². The van der Waals surface area contributed by atoms with Crippen molar-refractivity contribution in [3.05, 3.63) is 64.2 Å². The molecule has 0 aromatic heterocycles. The van der Waals surface area contributed by atoms with Gasteiger partial charge in [0.15, 0.2) is 6.10 Å². The highest BCUT2D eigenvalue weighted by atomic mass is 35.5. The predicted molar refractivity (Wildman–Crippen MR) is 96.5 cm³/mol. The van der Waals surface area contributed by atoms with Crippen molar-refractivity contribution in [3.63, 3.8) is 0 Å². The van der Waals surface area contributed by atoms with Crippen LogP contribution in [-0.4, -0.2) is 12.0 Å². The number of amides is 1. The zero-order chi connectivity index (χ0) is 16.9. The van der Waals surface area contributed by atoms with E-state index in [1.54, 1.807) is 6.92 Å².